The SMILES string of the molecule is Cc1cc(C(=O)c2ccc3c(c2)COC3)c(F)cc1F. The lowest BCUT2D eigenvalue weighted by Gasteiger charge is -2.06. The van der Waals surface area contributed by atoms with E-state index in [1.165, 1.54) is 13.0 Å². The third-order valence-electron chi connectivity index (χ3n) is 3.48. The number of ketones is 1. The highest BCUT2D eigenvalue weighted by Gasteiger charge is 2.19. The summed E-state index contributed by atoms with van der Waals surface area (Å²) in [5.74, 6) is -1.93. The molecule has 0 radical (unpaired) electrons. The highest BCUT2D eigenvalue weighted by atomic mass is 19.1. The number of carbonyl (C=O) groups excluding carboxylic acids is 1. The van der Waals surface area contributed by atoms with Gasteiger partial charge in [-0.3, -0.25) is 4.79 Å². The van der Waals surface area contributed by atoms with Crippen LogP contribution in [0.3, 0.4) is 0 Å². The zero-order valence-corrected chi connectivity index (χ0v) is 10.9. The van der Waals surface area contributed by atoms with Crippen LogP contribution in [-0.2, 0) is 18.0 Å². The molecule has 1 aliphatic rings. The van der Waals surface area contributed by atoms with Crippen molar-refractivity contribution < 1.29 is 18.3 Å². The van der Waals surface area contributed by atoms with Crippen LogP contribution in [-0.4, -0.2) is 5.78 Å². The van der Waals surface area contributed by atoms with E-state index >= 15 is 0 Å². The highest BCUT2D eigenvalue weighted by Crippen LogP contribution is 2.23. The second-order valence-electron chi connectivity index (χ2n) is 4.89. The lowest BCUT2D eigenvalue weighted by molar-refractivity contribution is 0.103. The van der Waals surface area contributed by atoms with Crippen LogP contribution < -0.4 is 0 Å². The minimum atomic E-state index is -0.838. The number of ether oxygens (including phenoxy) is 1. The van der Waals surface area contributed by atoms with E-state index in [4.69, 9.17) is 4.74 Å². The normalized spacial score (nSPS) is 13.3. The Morgan fingerprint density at radius 2 is 1.80 bits per heavy atom. The summed E-state index contributed by atoms with van der Waals surface area (Å²) in [5.41, 5.74) is 2.51. The van der Waals surface area contributed by atoms with Gasteiger partial charge in [0.1, 0.15) is 11.6 Å². The number of hydrogen-bond donors (Lipinski definition) is 0. The summed E-state index contributed by atoms with van der Waals surface area (Å²) in [7, 11) is 0. The number of rotatable bonds is 2. The molecule has 0 unspecified atom stereocenters. The maximum atomic E-state index is 13.8. The van der Waals surface area contributed by atoms with Crippen molar-refractivity contribution in [2.45, 2.75) is 20.1 Å². The second kappa shape index (κ2) is 4.80. The number of halogens is 2. The molecule has 2 nitrogen and oxygen atoms in total. The van der Waals surface area contributed by atoms with Gasteiger partial charge in [0, 0.05) is 11.6 Å². The van der Waals surface area contributed by atoms with Crippen LogP contribution in [0.2, 0.25) is 0 Å². The number of carbonyl (C=O) groups is 1. The number of hydrogen-bond acceptors (Lipinski definition) is 2. The van der Waals surface area contributed by atoms with Gasteiger partial charge in [-0.2, -0.15) is 0 Å². The largest absolute Gasteiger partial charge is 0.372 e. The van der Waals surface area contributed by atoms with Crippen molar-refractivity contribution in [2.24, 2.45) is 0 Å². The zero-order valence-electron chi connectivity index (χ0n) is 10.9. The number of benzene rings is 2. The first-order chi connectivity index (χ1) is 9.56. The molecule has 0 N–H and O–H groups in total. The molecular formula is C16H12F2O2. The Kier molecular flexibility index (Phi) is 3.10. The molecule has 2 aromatic rings. The van der Waals surface area contributed by atoms with Crippen molar-refractivity contribution in [3.8, 4) is 0 Å². The number of fused-ring (bicyclic) bond motifs is 1. The Hall–Kier alpha value is -2.07. The maximum Gasteiger partial charge on any atom is 0.195 e. The molecule has 102 valence electrons. The predicted molar refractivity (Wildman–Crippen MR) is 69.5 cm³/mol. The van der Waals surface area contributed by atoms with Crippen molar-refractivity contribution in [3.05, 3.63) is 69.8 Å². The van der Waals surface area contributed by atoms with E-state index in [1.807, 2.05) is 6.07 Å². The van der Waals surface area contributed by atoms with E-state index in [1.54, 1.807) is 12.1 Å². The van der Waals surface area contributed by atoms with Crippen molar-refractivity contribution in [3.63, 3.8) is 0 Å². The average molecular weight is 274 g/mol. The van der Waals surface area contributed by atoms with Crippen molar-refractivity contribution in [1.29, 1.82) is 0 Å². The van der Waals surface area contributed by atoms with E-state index in [9.17, 15) is 13.6 Å². The van der Waals surface area contributed by atoms with Gasteiger partial charge < -0.3 is 4.74 Å². The summed E-state index contributed by atoms with van der Waals surface area (Å²) in [6.07, 6.45) is 0. The summed E-state index contributed by atoms with van der Waals surface area (Å²) in [6, 6.07) is 7.16. The smallest absolute Gasteiger partial charge is 0.195 e. The van der Waals surface area contributed by atoms with E-state index in [0.717, 1.165) is 17.2 Å². The molecule has 0 aliphatic carbocycles. The summed E-state index contributed by atoms with van der Waals surface area (Å²) >= 11 is 0. The Labute approximate surface area is 115 Å². The quantitative estimate of drug-likeness (QED) is 0.783. The van der Waals surface area contributed by atoms with Crippen LogP contribution in [0.15, 0.2) is 30.3 Å². The van der Waals surface area contributed by atoms with E-state index in [2.05, 4.69) is 0 Å². The van der Waals surface area contributed by atoms with Gasteiger partial charge in [-0.25, -0.2) is 8.78 Å². The molecule has 0 aromatic heterocycles. The van der Waals surface area contributed by atoms with Crippen LogP contribution in [0.5, 0.6) is 0 Å². The van der Waals surface area contributed by atoms with E-state index < -0.39 is 17.4 Å². The molecule has 0 fully saturated rings. The van der Waals surface area contributed by atoms with Gasteiger partial charge in [0.2, 0.25) is 0 Å². The fourth-order valence-electron chi connectivity index (χ4n) is 2.30. The Balaban J connectivity index is 2.03. The third-order valence-corrected chi connectivity index (χ3v) is 3.48. The Bertz CT molecular complexity index is 708. The molecule has 20 heavy (non-hydrogen) atoms. The summed E-state index contributed by atoms with van der Waals surface area (Å²) in [6.45, 7) is 2.50. The standard InChI is InChI=1S/C16H12F2O2/c1-9-4-13(15(18)6-14(9)17)16(19)10-2-3-11-7-20-8-12(11)5-10/h2-6H,7-8H2,1H3. The van der Waals surface area contributed by atoms with Crippen LogP contribution in [0.4, 0.5) is 8.78 Å². The van der Waals surface area contributed by atoms with Gasteiger partial charge in [0.05, 0.1) is 18.8 Å². The molecule has 4 heteroatoms. The predicted octanol–water partition coefficient (Wildman–Crippen LogP) is 3.53. The second-order valence-corrected chi connectivity index (χ2v) is 4.89. The topological polar surface area (TPSA) is 26.3 Å². The zero-order chi connectivity index (χ0) is 14.3. The van der Waals surface area contributed by atoms with Gasteiger partial charge in [0.15, 0.2) is 5.78 Å². The highest BCUT2D eigenvalue weighted by molar-refractivity contribution is 6.09. The molecule has 0 saturated carbocycles. The van der Waals surface area contributed by atoms with Gasteiger partial charge in [-0.1, -0.05) is 12.1 Å². The van der Waals surface area contributed by atoms with E-state index in [-0.39, 0.29) is 11.1 Å². The Morgan fingerprint density at radius 1 is 1.05 bits per heavy atom. The van der Waals surface area contributed by atoms with Gasteiger partial charge >= 0.3 is 0 Å². The van der Waals surface area contributed by atoms with Crippen molar-refractivity contribution >= 4 is 5.78 Å². The maximum absolute atomic E-state index is 13.8. The van der Waals surface area contributed by atoms with Crippen molar-refractivity contribution in [1.82, 2.24) is 0 Å². The molecular weight excluding hydrogens is 262 g/mol. The minimum Gasteiger partial charge on any atom is -0.372 e. The fraction of sp³-hybridized carbons (Fsp3) is 0.188. The van der Waals surface area contributed by atoms with Crippen LogP contribution >= 0.6 is 0 Å². The first-order valence-electron chi connectivity index (χ1n) is 6.26. The first-order valence-corrected chi connectivity index (χ1v) is 6.26. The molecule has 0 atom stereocenters. The first kappa shape index (κ1) is 12.9. The molecule has 0 amide bonds. The van der Waals surface area contributed by atoms with Crippen LogP contribution in [0.1, 0.15) is 32.6 Å². The fourth-order valence-corrected chi connectivity index (χ4v) is 2.30. The van der Waals surface area contributed by atoms with Crippen LogP contribution in [0.25, 0.3) is 0 Å². The third kappa shape index (κ3) is 2.12. The summed E-state index contributed by atoms with van der Waals surface area (Å²) in [5, 5.41) is 0. The molecule has 0 spiro atoms. The van der Waals surface area contributed by atoms with Crippen LogP contribution in [0, 0.1) is 18.6 Å². The lowest BCUT2D eigenvalue weighted by atomic mass is 9.98. The average Bonchev–Trinajstić information content (AvgIpc) is 2.89. The molecule has 0 saturated heterocycles. The Morgan fingerprint density at radius 3 is 2.60 bits per heavy atom. The molecule has 0 bridgehead atoms. The van der Waals surface area contributed by atoms with Gasteiger partial charge in [0.25, 0.3) is 0 Å². The minimum absolute atomic E-state index is 0.109. The summed E-state index contributed by atoms with van der Waals surface area (Å²) in [4.78, 5) is 12.3. The van der Waals surface area contributed by atoms with Gasteiger partial charge in [-0.05, 0) is 35.7 Å². The van der Waals surface area contributed by atoms with E-state index in [0.29, 0.717) is 18.8 Å². The number of aryl methyl sites for hydroxylation is 1. The summed E-state index contributed by atoms with van der Waals surface area (Å²) < 4.78 is 32.3. The molecule has 3 rings (SSSR count). The molecule has 1 aliphatic heterocycles. The molecule has 1 heterocycles. The molecule has 2 aromatic carbocycles. The van der Waals surface area contributed by atoms with Gasteiger partial charge in [-0.15, -0.1) is 0 Å². The van der Waals surface area contributed by atoms with Crippen molar-refractivity contribution in [2.75, 3.05) is 0 Å². The monoisotopic (exact) mass is 274 g/mol. The lowest BCUT2D eigenvalue weighted by Crippen LogP contribution is -2.06.